The van der Waals surface area contributed by atoms with Gasteiger partial charge >= 0.3 is 0 Å². The molecule has 0 heterocycles. The molecule has 0 unspecified atom stereocenters. The molecule has 0 aromatic heterocycles. The molecule has 3 nitrogen and oxygen atoms in total. The molecule has 0 aliphatic carbocycles. The molecule has 4 aromatic carbocycles. The van der Waals surface area contributed by atoms with Crippen molar-refractivity contribution in [1.82, 2.24) is 5.32 Å². The van der Waals surface area contributed by atoms with Gasteiger partial charge in [0.15, 0.2) is 12.7 Å². The predicted molar refractivity (Wildman–Crippen MR) is 133 cm³/mol. The molecular weight excluding hydrogens is 411 g/mol. The van der Waals surface area contributed by atoms with Gasteiger partial charge in [-0.2, -0.15) is 5.26 Å². The third kappa shape index (κ3) is 4.10. The zero-order valence-electron chi connectivity index (χ0n) is 17.4. The summed E-state index contributed by atoms with van der Waals surface area (Å²) >= 11 is 0. The standard InChI is InChI=1S/C28H21N2OP/c29-22-21-27(30-28(31)23-13-5-1-6-14-23)32(24-15-7-2-8-16-24,25-17-9-3-10-18-25)26-19-11-4-12-20-26/h1-21H/p+1/b27-21-. The van der Waals surface area contributed by atoms with Gasteiger partial charge in [0.05, 0.1) is 12.1 Å². The van der Waals surface area contributed by atoms with Crippen LogP contribution in [0.1, 0.15) is 10.4 Å². The van der Waals surface area contributed by atoms with E-state index in [-0.39, 0.29) is 5.91 Å². The largest absolute Gasteiger partial charge is 0.291 e. The van der Waals surface area contributed by atoms with Crippen LogP contribution in [0.3, 0.4) is 0 Å². The molecule has 4 rings (SSSR count). The molecular formula is C28H22N2OP+. The molecule has 0 bridgehead atoms. The number of nitriles is 1. The lowest BCUT2D eigenvalue weighted by Gasteiger charge is -2.29. The topological polar surface area (TPSA) is 52.9 Å². The van der Waals surface area contributed by atoms with Crippen LogP contribution in [-0.4, -0.2) is 5.91 Å². The average molecular weight is 433 g/mol. The van der Waals surface area contributed by atoms with Gasteiger partial charge in [-0.05, 0) is 48.5 Å². The Kier molecular flexibility index (Phi) is 6.56. The maximum absolute atomic E-state index is 13.2. The van der Waals surface area contributed by atoms with Gasteiger partial charge in [-0.25, -0.2) is 0 Å². The fourth-order valence-corrected chi connectivity index (χ4v) is 7.98. The number of carbonyl (C=O) groups is 1. The highest BCUT2D eigenvalue weighted by atomic mass is 31.2. The van der Waals surface area contributed by atoms with Crippen molar-refractivity contribution in [3.05, 3.63) is 138 Å². The van der Waals surface area contributed by atoms with Crippen LogP contribution in [-0.2, 0) is 0 Å². The van der Waals surface area contributed by atoms with Gasteiger partial charge in [0.25, 0.3) is 5.91 Å². The van der Waals surface area contributed by atoms with Crippen molar-refractivity contribution < 1.29 is 4.79 Å². The van der Waals surface area contributed by atoms with Gasteiger partial charge in [-0.3, -0.25) is 10.1 Å². The Hall–Kier alpha value is -3.99. The van der Waals surface area contributed by atoms with E-state index in [1.165, 1.54) is 6.08 Å². The Balaban J connectivity index is 2.00. The van der Waals surface area contributed by atoms with Crippen molar-refractivity contribution >= 4 is 29.1 Å². The molecule has 1 amide bonds. The van der Waals surface area contributed by atoms with Crippen LogP contribution in [0.25, 0.3) is 0 Å². The van der Waals surface area contributed by atoms with Crippen molar-refractivity contribution in [3.63, 3.8) is 0 Å². The van der Waals surface area contributed by atoms with Crippen LogP contribution in [0, 0.1) is 11.3 Å². The second kappa shape index (κ2) is 9.88. The minimum absolute atomic E-state index is 0.237. The van der Waals surface area contributed by atoms with Gasteiger partial charge in [0.2, 0.25) is 0 Å². The summed E-state index contributed by atoms with van der Waals surface area (Å²) in [7, 11) is -2.55. The highest BCUT2D eigenvalue weighted by Crippen LogP contribution is 2.61. The number of amides is 1. The number of nitrogens with one attached hydrogen (secondary N) is 1. The molecule has 0 aliphatic heterocycles. The fourth-order valence-electron chi connectivity index (χ4n) is 3.88. The maximum atomic E-state index is 13.2. The van der Waals surface area contributed by atoms with E-state index in [9.17, 15) is 10.1 Å². The molecule has 0 aliphatic rings. The Morgan fingerprint density at radius 3 is 1.41 bits per heavy atom. The minimum atomic E-state index is -2.55. The van der Waals surface area contributed by atoms with Crippen molar-refractivity contribution in [3.8, 4) is 6.07 Å². The lowest BCUT2D eigenvalue weighted by molar-refractivity contribution is 0.0968. The van der Waals surface area contributed by atoms with E-state index in [2.05, 4.69) is 47.8 Å². The van der Waals surface area contributed by atoms with Crippen LogP contribution in [0.4, 0.5) is 0 Å². The third-order valence-electron chi connectivity index (χ3n) is 5.27. The second-order valence-electron chi connectivity index (χ2n) is 7.16. The van der Waals surface area contributed by atoms with Crippen LogP contribution < -0.4 is 21.2 Å². The summed E-state index contributed by atoms with van der Waals surface area (Å²) < 4.78 is 0. The lowest BCUT2D eigenvalue weighted by atomic mass is 10.2. The van der Waals surface area contributed by atoms with Crippen LogP contribution in [0.5, 0.6) is 0 Å². The molecule has 0 spiro atoms. The van der Waals surface area contributed by atoms with Crippen molar-refractivity contribution in [2.45, 2.75) is 0 Å². The van der Waals surface area contributed by atoms with Crippen LogP contribution >= 0.6 is 7.26 Å². The number of rotatable bonds is 6. The highest BCUT2D eigenvalue weighted by molar-refractivity contribution is 7.99. The number of hydrogen-bond donors (Lipinski definition) is 1. The SMILES string of the molecule is N#C/C=C(/NC(=O)c1ccccc1)[P+](c1ccccc1)(c1ccccc1)c1ccccc1. The number of benzene rings is 4. The summed E-state index contributed by atoms with van der Waals surface area (Å²) in [5, 5.41) is 16.1. The van der Waals surface area contributed by atoms with Gasteiger partial charge in [-0.15, -0.1) is 0 Å². The van der Waals surface area contributed by atoms with E-state index < -0.39 is 7.26 Å². The number of hydrogen-bond acceptors (Lipinski definition) is 2. The Labute approximate surface area is 189 Å². The Morgan fingerprint density at radius 1 is 0.656 bits per heavy atom. The first-order chi connectivity index (χ1) is 15.8. The minimum Gasteiger partial charge on any atom is -0.291 e. The summed E-state index contributed by atoms with van der Waals surface area (Å²) in [4.78, 5) is 13.2. The Morgan fingerprint density at radius 2 is 1.03 bits per heavy atom. The zero-order chi connectivity index (χ0) is 22.2. The molecule has 0 atom stereocenters. The molecule has 4 aromatic rings. The molecule has 4 heteroatoms. The molecule has 0 fully saturated rings. The third-order valence-corrected chi connectivity index (χ3v) is 9.45. The molecule has 0 radical (unpaired) electrons. The number of allylic oxidation sites excluding steroid dienone is 1. The van der Waals surface area contributed by atoms with Gasteiger partial charge in [-0.1, -0.05) is 72.8 Å². The maximum Gasteiger partial charge on any atom is 0.258 e. The van der Waals surface area contributed by atoms with E-state index in [0.717, 1.165) is 15.9 Å². The number of nitrogens with zero attached hydrogens (tertiary/aromatic N) is 1. The molecule has 32 heavy (non-hydrogen) atoms. The summed E-state index contributed by atoms with van der Waals surface area (Å²) in [6.45, 7) is 0. The van der Waals surface area contributed by atoms with Crippen molar-refractivity contribution in [1.29, 1.82) is 5.26 Å². The Bertz CT molecular complexity index is 1150. The lowest BCUT2D eigenvalue weighted by Crippen LogP contribution is -2.38. The number of carbonyl (C=O) groups excluding carboxylic acids is 1. The molecule has 0 saturated carbocycles. The van der Waals surface area contributed by atoms with Gasteiger partial charge < -0.3 is 0 Å². The first-order valence-corrected chi connectivity index (χ1v) is 12.1. The van der Waals surface area contributed by atoms with Crippen LogP contribution in [0.2, 0.25) is 0 Å². The summed E-state index contributed by atoms with van der Waals surface area (Å²) in [6, 6.07) is 41.7. The quantitative estimate of drug-likeness (QED) is 0.352. The van der Waals surface area contributed by atoms with E-state index in [0.29, 0.717) is 11.0 Å². The normalized spacial score (nSPS) is 11.4. The first kappa shape index (κ1) is 21.2. The smallest absolute Gasteiger partial charge is 0.258 e. The van der Waals surface area contributed by atoms with Crippen molar-refractivity contribution in [2.75, 3.05) is 0 Å². The summed E-state index contributed by atoms with van der Waals surface area (Å²) in [5.74, 6) is -0.237. The molecule has 1 N–H and O–H groups in total. The van der Waals surface area contributed by atoms with Crippen molar-refractivity contribution in [2.24, 2.45) is 0 Å². The van der Waals surface area contributed by atoms with E-state index in [4.69, 9.17) is 0 Å². The fraction of sp³-hybridized carbons (Fsp3) is 0. The molecule has 0 saturated heterocycles. The van der Waals surface area contributed by atoms with Crippen LogP contribution in [0.15, 0.2) is 133 Å². The first-order valence-electron chi connectivity index (χ1n) is 10.3. The zero-order valence-corrected chi connectivity index (χ0v) is 18.3. The van der Waals surface area contributed by atoms with Gasteiger partial charge in [0.1, 0.15) is 15.9 Å². The van der Waals surface area contributed by atoms with E-state index in [1.807, 2.05) is 72.8 Å². The highest BCUT2D eigenvalue weighted by Gasteiger charge is 2.50. The average Bonchev–Trinajstić information content (AvgIpc) is 2.87. The summed E-state index contributed by atoms with van der Waals surface area (Å²) in [6.07, 6.45) is 1.49. The summed E-state index contributed by atoms with van der Waals surface area (Å²) in [5.41, 5.74) is 1.15. The second-order valence-corrected chi connectivity index (χ2v) is 10.5. The van der Waals surface area contributed by atoms with E-state index in [1.54, 1.807) is 12.1 Å². The monoisotopic (exact) mass is 433 g/mol. The van der Waals surface area contributed by atoms with Gasteiger partial charge in [0, 0.05) is 5.56 Å². The predicted octanol–water partition coefficient (Wildman–Crippen LogP) is 4.78. The van der Waals surface area contributed by atoms with E-state index >= 15 is 0 Å². The molecule has 154 valence electrons.